The van der Waals surface area contributed by atoms with Gasteiger partial charge in [0.15, 0.2) is 5.76 Å². The summed E-state index contributed by atoms with van der Waals surface area (Å²) in [6.07, 6.45) is -11.8. The predicted molar refractivity (Wildman–Crippen MR) is 39.5 cm³/mol. The zero-order valence-corrected chi connectivity index (χ0v) is 7.78. The number of alkyl halides is 6. The Kier molecular flexibility index (Phi) is 2.74. The highest BCUT2D eigenvalue weighted by atomic mass is 19.4. The van der Waals surface area contributed by atoms with Crippen LogP contribution in [0.4, 0.5) is 26.3 Å². The van der Waals surface area contributed by atoms with Crippen molar-refractivity contribution >= 4 is 0 Å². The maximum atomic E-state index is 12.3. The number of hydrogen-bond acceptors (Lipinski definition) is 2. The van der Waals surface area contributed by atoms with Gasteiger partial charge in [0.1, 0.15) is 5.76 Å². The SMILES string of the molecule is Cc1ccc(C(O)(C(F)(F)F)C(F)(F)F)o1. The van der Waals surface area contributed by atoms with Crippen LogP contribution in [0.2, 0.25) is 0 Å². The van der Waals surface area contributed by atoms with Gasteiger partial charge in [-0.1, -0.05) is 0 Å². The van der Waals surface area contributed by atoms with Crippen molar-refractivity contribution in [1.82, 2.24) is 0 Å². The first-order chi connectivity index (χ1) is 7.00. The third kappa shape index (κ3) is 1.77. The number of aryl methyl sites for hydroxylation is 1. The Balaban J connectivity index is 3.38. The monoisotopic (exact) mass is 248 g/mol. The van der Waals surface area contributed by atoms with Gasteiger partial charge >= 0.3 is 18.0 Å². The molecule has 0 aromatic carbocycles. The van der Waals surface area contributed by atoms with Crippen LogP contribution < -0.4 is 0 Å². The zero-order valence-electron chi connectivity index (χ0n) is 7.78. The summed E-state index contributed by atoms with van der Waals surface area (Å²) in [4.78, 5) is 0. The second kappa shape index (κ2) is 3.41. The van der Waals surface area contributed by atoms with E-state index in [1.54, 1.807) is 0 Å². The van der Waals surface area contributed by atoms with E-state index in [0.29, 0.717) is 6.07 Å². The molecule has 0 aliphatic carbocycles. The van der Waals surface area contributed by atoms with Crippen molar-refractivity contribution in [2.45, 2.75) is 24.9 Å². The van der Waals surface area contributed by atoms with Crippen molar-refractivity contribution < 1.29 is 35.9 Å². The molecule has 0 atom stereocenters. The number of halogens is 6. The summed E-state index contributed by atoms with van der Waals surface area (Å²) in [5.41, 5.74) is -4.98. The zero-order chi connectivity index (χ0) is 12.8. The van der Waals surface area contributed by atoms with Gasteiger partial charge in [-0.05, 0) is 19.1 Å². The largest absolute Gasteiger partial charge is 0.463 e. The lowest BCUT2D eigenvalue weighted by atomic mass is 10.00. The van der Waals surface area contributed by atoms with Crippen LogP contribution in [0.15, 0.2) is 16.5 Å². The Labute approximate surface area is 85.5 Å². The maximum Gasteiger partial charge on any atom is 0.433 e. The predicted octanol–water partition coefficient (Wildman–Crippen LogP) is 2.90. The third-order valence-corrected chi connectivity index (χ3v) is 1.92. The molecule has 0 unspecified atom stereocenters. The molecule has 0 fully saturated rings. The number of aliphatic hydroxyl groups is 1. The van der Waals surface area contributed by atoms with Crippen LogP contribution in [0.1, 0.15) is 11.5 Å². The molecule has 16 heavy (non-hydrogen) atoms. The van der Waals surface area contributed by atoms with Crippen molar-refractivity contribution in [2.75, 3.05) is 0 Å². The van der Waals surface area contributed by atoms with Gasteiger partial charge in [0.2, 0.25) is 0 Å². The van der Waals surface area contributed by atoms with Crippen LogP contribution >= 0.6 is 0 Å². The van der Waals surface area contributed by atoms with Gasteiger partial charge in [-0.3, -0.25) is 0 Å². The summed E-state index contributed by atoms with van der Waals surface area (Å²) < 4.78 is 77.8. The summed E-state index contributed by atoms with van der Waals surface area (Å²) in [7, 11) is 0. The highest BCUT2D eigenvalue weighted by molar-refractivity contribution is 5.18. The molecule has 0 radical (unpaired) electrons. The molecule has 8 heteroatoms. The number of hydrogen-bond donors (Lipinski definition) is 1. The summed E-state index contributed by atoms with van der Waals surface area (Å²) in [5, 5.41) is 8.83. The van der Waals surface area contributed by atoms with E-state index >= 15 is 0 Å². The average molecular weight is 248 g/mol. The Morgan fingerprint density at radius 3 is 1.69 bits per heavy atom. The van der Waals surface area contributed by atoms with Crippen molar-refractivity contribution in [3.05, 3.63) is 23.7 Å². The fourth-order valence-corrected chi connectivity index (χ4v) is 1.07. The smallest absolute Gasteiger partial charge is 0.433 e. The van der Waals surface area contributed by atoms with Gasteiger partial charge < -0.3 is 9.52 Å². The Bertz CT molecular complexity index is 361. The lowest BCUT2D eigenvalue weighted by molar-refractivity contribution is -0.381. The second-order valence-corrected chi connectivity index (χ2v) is 3.12. The first-order valence-electron chi connectivity index (χ1n) is 3.93. The van der Waals surface area contributed by atoms with E-state index in [1.165, 1.54) is 0 Å². The second-order valence-electron chi connectivity index (χ2n) is 3.12. The lowest BCUT2D eigenvalue weighted by Crippen LogP contribution is -2.53. The minimum absolute atomic E-state index is 0.165. The van der Waals surface area contributed by atoms with Crippen LogP contribution in [0, 0.1) is 6.92 Å². The van der Waals surface area contributed by atoms with Gasteiger partial charge in [-0.25, -0.2) is 0 Å². The van der Waals surface area contributed by atoms with E-state index in [9.17, 15) is 26.3 Å². The van der Waals surface area contributed by atoms with Crippen molar-refractivity contribution in [1.29, 1.82) is 0 Å². The van der Waals surface area contributed by atoms with E-state index in [4.69, 9.17) is 5.11 Å². The minimum Gasteiger partial charge on any atom is -0.463 e. The van der Waals surface area contributed by atoms with E-state index < -0.39 is 23.7 Å². The fourth-order valence-electron chi connectivity index (χ4n) is 1.07. The van der Waals surface area contributed by atoms with Crippen LogP contribution in [0.25, 0.3) is 0 Å². The summed E-state index contributed by atoms with van der Waals surface area (Å²) in [5.74, 6) is -1.76. The summed E-state index contributed by atoms with van der Waals surface area (Å²) >= 11 is 0. The van der Waals surface area contributed by atoms with Crippen LogP contribution in [-0.2, 0) is 5.60 Å². The molecule has 0 aliphatic heterocycles. The molecule has 92 valence electrons. The van der Waals surface area contributed by atoms with E-state index in [1.807, 2.05) is 0 Å². The van der Waals surface area contributed by atoms with Gasteiger partial charge in [0.05, 0.1) is 0 Å². The lowest BCUT2D eigenvalue weighted by Gasteiger charge is -2.30. The van der Waals surface area contributed by atoms with Gasteiger partial charge in [0, 0.05) is 0 Å². The molecule has 0 bridgehead atoms. The fraction of sp³-hybridized carbons (Fsp3) is 0.500. The standard InChI is InChI=1S/C8H6F6O2/c1-4-2-3-5(16-4)6(15,7(9,10)11)8(12,13)14/h2-3,15H,1H3. The highest BCUT2D eigenvalue weighted by Crippen LogP contribution is 2.50. The van der Waals surface area contributed by atoms with Crippen LogP contribution in [0.5, 0.6) is 0 Å². The minimum atomic E-state index is -5.91. The van der Waals surface area contributed by atoms with Crippen LogP contribution in [0.3, 0.4) is 0 Å². The molecule has 0 saturated carbocycles. The van der Waals surface area contributed by atoms with Crippen LogP contribution in [-0.4, -0.2) is 17.5 Å². The first kappa shape index (κ1) is 12.9. The number of rotatable bonds is 1. The van der Waals surface area contributed by atoms with Crippen molar-refractivity contribution in [2.24, 2.45) is 0 Å². The van der Waals surface area contributed by atoms with Gasteiger partial charge in [-0.15, -0.1) is 0 Å². The molecular formula is C8H6F6O2. The van der Waals surface area contributed by atoms with E-state index in [2.05, 4.69) is 4.42 Å². The molecule has 0 amide bonds. The van der Waals surface area contributed by atoms with E-state index in [0.717, 1.165) is 13.0 Å². The Morgan fingerprint density at radius 2 is 1.44 bits per heavy atom. The Morgan fingerprint density at radius 1 is 1.00 bits per heavy atom. The normalized spacial score (nSPS) is 14.2. The highest BCUT2D eigenvalue weighted by Gasteiger charge is 2.73. The molecule has 2 nitrogen and oxygen atoms in total. The number of furan rings is 1. The molecule has 0 saturated heterocycles. The maximum absolute atomic E-state index is 12.3. The van der Waals surface area contributed by atoms with Crippen molar-refractivity contribution in [3.8, 4) is 0 Å². The first-order valence-corrected chi connectivity index (χ1v) is 3.93. The van der Waals surface area contributed by atoms with Gasteiger partial charge in [-0.2, -0.15) is 26.3 Å². The molecule has 1 N–H and O–H groups in total. The molecule has 1 aromatic rings. The van der Waals surface area contributed by atoms with E-state index in [-0.39, 0.29) is 5.76 Å². The average Bonchev–Trinajstić information content (AvgIpc) is 2.46. The third-order valence-electron chi connectivity index (χ3n) is 1.92. The van der Waals surface area contributed by atoms with Crippen molar-refractivity contribution in [3.63, 3.8) is 0 Å². The van der Waals surface area contributed by atoms with Gasteiger partial charge in [0.25, 0.3) is 0 Å². The molecule has 1 aromatic heterocycles. The quantitative estimate of drug-likeness (QED) is 0.775. The summed E-state index contributed by atoms with van der Waals surface area (Å²) in [6, 6.07) is 1.34. The molecule has 1 rings (SSSR count). The topological polar surface area (TPSA) is 33.4 Å². The molecule has 0 spiro atoms. The summed E-state index contributed by atoms with van der Waals surface area (Å²) in [6.45, 7) is 1.16. The Hall–Kier alpha value is -1.18. The molecule has 0 aliphatic rings. The molecular weight excluding hydrogens is 242 g/mol. The molecule has 1 heterocycles.